The van der Waals surface area contributed by atoms with E-state index < -0.39 is 0 Å². The molecule has 24 heavy (non-hydrogen) atoms. The van der Waals surface area contributed by atoms with Crippen molar-refractivity contribution >= 4 is 17.4 Å². The van der Waals surface area contributed by atoms with Crippen molar-refractivity contribution in [3.63, 3.8) is 0 Å². The van der Waals surface area contributed by atoms with Gasteiger partial charge >= 0.3 is 6.03 Å². The predicted octanol–water partition coefficient (Wildman–Crippen LogP) is 2.62. The van der Waals surface area contributed by atoms with E-state index in [0.717, 1.165) is 39.3 Å². The minimum atomic E-state index is -0.0373. The van der Waals surface area contributed by atoms with Gasteiger partial charge in [0.25, 0.3) is 0 Å². The van der Waals surface area contributed by atoms with Gasteiger partial charge in [-0.15, -0.1) is 11.3 Å². The molecule has 1 saturated heterocycles. The average Bonchev–Trinajstić information content (AvgIpc) is 3.15. The normalized spacial score (nSPS) is 21.3. The number of nitrogens with one attached hydrogen (secondary N) is 2. The Balaban J connectivity index is 1.46. The lowest BCUT2D eigenvalue weighted by molar-refractivity contribution is -0.0357. The number of thiophene rings is 1. The number of hydrogen-bond acceptors (Lipinski definition) is 4. The van der Waals surface area contributed by atoms with Crippen LogP contribution >= 0.6 is 11.3 Å². The third kappa shape index (κ3) is 4.71. The Bertz CT molecular complexity index is 494. The predicted molar refractivity (Wildman–Crippen MR) is 97.6 cm³/mol. The van der Waals surface area contributed by atoms with E-state index in [0.29, 0.717) is 6.54 Å². The second-order valence-corrected chi connectivity index (χ2v) is 7.86. The number of ether oxygens (including phenoxy) is 1. The van der Waals surface area contributed by atoms with Crippen LogP contribution in [0.1, 0.15) is 37.0 Å². The summed E-state index contributed by atoms with van der Waals surface area (Å²) in [5, 5.41) is 8.21. The van der Waals surface area contributed by atoms with E-state index in [-0.39, 0.29) is 11.6 Å². The van der Waals surface area contributed by atoms with Crippen LogP contribution in [-0.4, -0.2) is 55.9 Å². The van der Waals surface area contributed by atoms with Crippen LogP contribution in [0.15, 0.2) is 17.5 Å². The zero-order valence-corrected chi connectivity index (χ0v) is 15.2. The third-order valence-electron chi connectivity index (χ3n) is 5.28. The van der Waals surface area contributed by atoms with Crippen molar-refractivity contribution in [1.82, 2.24) is 15.5 Å². The molecule has 0 atom stereocenters. The summed E-state index contributed by atoms with van der Waals surface area (Å²) in [7, 11) is 0. The summed E-state index contributed by atoms with van der Waals surface area (Å²) >= 11 is 1.74. The Morgan fingerprint density at radius 1 is 1.21 bits per heavy atom. The molecule has 1 aromatic heterocycles. The second kappa shape index (κ2) is 8.83. The Kier molecular flexibility index (Phi) is 6.51. The van der Waals surface area contributed by atoms with E-state index in [9.17, 15) is 4.79 Å². The van der Waals surface area contributed by atoms with Crippen molar-refractivity contribution in [1.29, 1.82) is 0 Å². The molecule has 5 nitrogen and oxygen atoms in total. The van der Waals surface area contributed by atoms with Gasteiger partial charge in [0.05, 0.1) is 13.2 Å². The molecule has 0 aromatic carbocycles. The molecule has 1 saturated carbocycles. The third-order valence-corrected chi connectivity index (χ3v) is 6.22. The summed E-state index contributed by atoms with van der Waals surface area (Å²) in [6.07, 6.45) is 7.11. The fourth-order valence-electron chi connectivity index (χ4n) is 3.91. The summed E-state index contributed by atoms with van der Waals surface area (Å²) in [6.45, 7) is 5.04. The summed E-state index contributed by atoms with van der Waals surface area (Å²) in [4.78, 5) is 16.0. The average molecular weight is 352 g/mol. The summed E-state index contributed by atoms with van der Waals surface area (Å²) in [6, 6.07) is 4.12. The number of carbonyl (C=O) groups excluding carboxylic acids is 1. The first-order valence-electron chi connectivity index (χ1n) is 9.15. The van der Waals surface area contributed by atoms with E-state index in [2.05, 4.69) is 33.0 Å². The summed E-state index contributed by atoms with van der Waals surface area (Å²) < 4.78 is 5.51. The minimum absolute atomic E-state index is 0.0373. The number of urea groups is 1. The lowest BCUT2D eigenvalue weighted by Gasteiger charge is -2.48. The Labute approximate surface area is 148 Å². The highest BCUT2D eigenvalue weighted by atomic mass is 32.1. The number of amides is 2. The SMILES string of the molecule is O=C(NCCc1cccs1)NCC1(N2CCOCC2)CCCCC1. The Morgan fingerprint density at radius 2 is 2.00 bits per heavy atom. The number of carbonyl (C=O) groups is 1. The first-order chi connectivity index (χ1) is 11.8. The van der Waals surface area contributed by atoms with Crippen LogP contribution in [0.5, 0.6) is 0 Å². The van der Waals surface area contributed by atoms with Gasteiger partial charge in [-0.1, -0.05) is 25.3 Å². The fraction of sp³-hybridized carbons (Fsp3) is 0.722. The van der Waals surface area contributed by atoms with Gasteiger partial charge in [-0.05, 0) is 30.7 Å². The van der Waals surface area contributed by atoms with Gasteiger partial charge in [-0.2, -0.15) is 0 Å². The fourth-order valence-corrected chi connectivity index (χ4v) is 4.62. The maximum atomic E-state index is 12.2. The number of hydrogen-bond donors (Lipinski definition) is 2. The van der Waals surface area contributed by atoms with Crippen molar-refractivity contribution < 1.29 is 9.53 Å². The molecule has 134 valence electrons. The van der Waals surface area contributed by atoms with Crippen LogP contribution in [0, 0.1) is 0 Å². The van der Waals surface area contributed by atoms with Gasteiger partial charge in [0.1, 0.15) is 0 Å². The van der Waals surface area contributed by atoms with Crippen LogP contribution in [0.2, 0.25) is 0 Å². The van der Waals surface area contributed by atoms with Gasteiger partial charge in [-0.3, -0.25) is 4.90 Å². The molecule has 2 amide bonds. The molecule has 2 aliphatic rings. The molecule has 0 spiro atoms. The van der Waals surface area contributed by atoms with Gasteiger partial charge < -0.3 is 15.4 Å². The van der Waals surface area contributed by atoms with E-state index in [1.54, 1.807) is 11.3 Å². The van der Waals surface area contributed by atoms with E-state index >= 15 is 0 Å². The Hall–Kier alpha value is -1.11. The molecule has 0 radical (unpaired) electrons. The van der Waals surface area contributed by atoms with Gasteiger partial charge in [-0.25, -0.2) is 4.79 Å². The van der Waals surface area contributed by atoms with E-state index in [1.807, 2.05) is 0 Å². The van der Waals surface area contributed by atoms with E-state index in [4.69, 9.17) is 4.74 Å². The molecule has 6 heteroatoms. The highest BCUT2D eigenvalue weighted by Gasteiger charge is 2.38. The highest BCUT2D eigenvalue weighted by Crippen LogP contribution is 2.33. The molecule has 2 N–H and O–H groups in total. The smallest absolute Gasteiger partial charge is 0.314 e. The monoisotopic (exact) mass is 351 g/mol. The maximum absolute atomic E-state index is 12.2. The maximum Gasteiger partial charge on any atom is 0.314 e. The van der Waals surface area contributed by atoms with Crippen LogP contribution in [0.3, 0.4) is 0 Å². The van der Waals surface area contributed by atoms with E-state index in [1.165, 1.54) is 37.0 Å². The zero-order valence-electron chi connectivity index (χ0n) is 14.4. The first kappa shape index (κ1) is 17.7. The summed E-state index contributed by atoms with van der Waals surface area (Å²) in [5.41, 5.74) is 0.132. The minimum Gasteiger partial charge on any atom is -0.379 e. The molecule has 2 heterocycles. The molecule has 1 aliphatic carbocycles. The van der Waals surface area contributed by atoms with Gasteiger partial charge in [0, 0.05) is 36.6 Å². The van der Waals surface area contributed by atoms with Crippen LogP contribution in [-0.2, 0) is 11.2 Å². The van der Waals surface area contributed by atoms with Crippen molar-refractivity contribution in [3.05, 3.63) is 22.4 Å². The second-order valence-electron chi connectivity index (χ2n) is 6.82. The molecule has 1 aromatic rings. The lowest BCUT2D eigenvalue weighted by Crippen LogP contribution is -2.60. The molecule has 0 bridgehead atoms. The highest BCUT2D eigenvalue weighted by molar-refractivity contribution is 7.09. The summed E-state index contributed by atoms with van der Waals surface area (Å²) in [5.74, 6) is 0. The quantitative estimate of drug-likeness (QED) is 0.828. The van der Waals surface area contributed by atoms with Crippen LogP contribution in [0.25, 0.3) is 0 Å². The number of nitrogens with zero attached hydrogens (tertiary/aromatic N) is 1. The molecule has 3 rings (SSSR count). The molecular formula is C18H29N3O2S. The first-order valence-corrected chi connectivity index (χ1v) is 10.0. The van der Waals surface area contributed by atoms with Gasteiger partial charge in [0.2, 0.25) is 0 Å². The van der Waals surface area contributed by atoms with Gasteiger partial charge in [0.15, 0.2) is 0 Å². The lowest BCUT2D eigenvalue weighted by atomic mass is 9.80. The molecule has 0 unspecified atom stereocenters. The Morgan fingerprint density at radius 3 is 2.71 bits per heavy atom. The van der Waals surface area contributed by atoms with Crippen LogP contribution in [0.4, 0.5) is 4.79 Å². The standard InChI is InChI=1S/C18H29N3O2S/c22-17(19-9-6-16-5-4-14-24-16)20-15-18(7-2-1-3-8-18)21-10-12-23-13-11-21/h4-5,14H,1-3,6-13,15H2,(H2,19,20,22). The van der Waals surface area contributed by atoms with Crippen molar-refractivity contribution in [2.24, 2.45) is 0 Å². The largest absolute Gasteiger partial charge is 0.379 e. The van der Waals surface area contributed by atoms with Crippen molar-refractivity contribution in [2.45, 2.75) is 44.1 Å². The molecule has 2 fully saturated rings. The molecule has 1 aliphatic heterocycles. The topological polar surface area (TPSA) is 53.6 Å². The number of morpholine rings is 1. The van der Waals surface area contributed by atoms with Crippen LogP contribution < -0.4 is 10.6 Å². The molecular weight excluding hydrogens is 322 g/mol. The number of rotatable bonds is 6. The van der Waals surface area contributed by atoms with Crippen molar-refractivity contribution in [2.75, 3.05) is 39.4 Å². The zero-order chi connectivity index (χ0) is 16.7. The van der Waals surface area contributed by atoms with Crippen molar-refractivity contribution in [3.8, 4) is 0 Å².